The molecule has 22 heavy (non-hydrogen) atoms. The number of hydrogen-bond acceptors (Lipinski definition) is 3. The summed E-state index contributed by atoms with van der Waals surface area (Å²) < 4.78 is 5.58. The number of nitrogens with zero attached hydrogens (tertiary/aromatic N) is 1. The van der Waals surface area contributed by atoms with Crippen molar-refractivity contribution in [2.75, 3.05) is 0 Å². The molecule has 0 saturated heterocycles. The molecule has 2 heterocycles. The van der Waals surface area contributed by atoms with Crippen molar-refractivity contribution >= 4 is 16.9 Å². The molecule has 2 aromatic heterocycles. The van der Waals surface area contributed by atoms with E-state index in [9.17, 15) is 4.79 Å². The normalized spacial score (nSPS) is 11.0. The average Bonchev–Trinajstić information content (AvgIpc) is 3.03. The van der Waals surface area contributed by atoms with E-state index in [1.54, 1.807) is 12.6 Å². The first-order chi connectivity index (χ1) is 10.5. The van der Waals surface area contributed by atoms with Crippen LogP contribution in [0, 0.1) is 20.8 Å². The van der Waals surface area contributed by atoms with Crippen molar-refractivity contribution in [3.05, 3.63) is 52.8 Å². The fourth-order valence-corrected chi connectivity index (χ4v) is 2.74. The van der Waals surface area contributed by atoms with Gasteiger partial charge in [-0.05, 0) is 38.0 Å². The van der Waals surface area contributed by atoms with E-state index < -0.39 is 0 Å². The van der Waals surface area contributed by atoms with Crippen LogP contribution in [0.2, 0.25) is 0 Å². The quantitative estimate of drug-likeness (QED) is 0.777. The smallest absolute Gasteiger partial charge is 0.224 e. The second-order valence-electron chi connectivity index (χ2n) is 5.64. The van der Waals surface area contributed by atoms with Crippen LogP contribution in [0.15, 0.2) is 29.1 Å². The van der Waals surface area contributed by atoms with Gasteiger partial charge in [0.2, 0.25) is 5.91 Å². The van der Waals surface area contributed by atoms with Crippen LogP contribution in [0.4, 0.5) is 0 Å². The molecule has 3 aromatic rings. The van der Waals surface area contributed by atoms with Crippen LogP contribution < -0.4 is 5.32 Å². The third kappa shape index (κ3) is 2.74. The van der Waals surface area contributed by atoms with Crippen LogP contribution in [-0.2, 0) is 17.8 Å². The predicted molar refractivity (Wildman–Crippen MR) is 84.6 cm³/mol. The molecule has 0 aliphatic carbocycles. The second-order valence-corrected chi connectivity index (χ2v) is 5.64. The summed E-state index contributed by atoms with van der Waals surface area (Å²) in [6.45, 7) is 6.44. The molecule has 0 aliphatic rings. The highest BCUT2D eigenvalue weighted by Gasteiger charge is 2.13. The van der Waals surface area contributed by atoms with Gasteiger partial charge in [-0.15, -0.1) is 0 Å². The van der Waals surface area contributed by atoms with Gasteiger partial charge in [-0.2, -0.15) is 0 Å². The Morgan fingerprint density at radius 3 is 2.86 bits per heavy atom. The molecule has 0 saturated carbocycles. The van der Waals surface area contributed by atoms with E-state index in [4.69, 9.17) is 4.42 Å². The molecule has 1 amide bonds. The van der Waals surface area contributed by atoms with Crippen LogP contribution in [0.3, 0.4) is 0 Å². The number of nitrogens with one attached hydrogen (secondary N) is 2. The molecule has 0 fully saturated rings. The minimum atomic E-state index is -0.0370. The fourth-order valence-electron chi connectivity index (χ4n) is 2.74. The first-order valence-electron chi connectivity index (χ1n) is 7.27. The highest BCUT2D eigenvalue weighted by atomic mass is 16.3. The third-order valence-corrected chi connectivity index (χ3v) is 3.83. The van der Waals surface area contributed by atoms with Gasteiger partial charge in [0.1, 0.15) is 5.58 Å². The number of carbonyl (C=O) groups excluding carboxylic acids is 1. The lowest BCUT2D eigenvalue weighted by atomic mass is 10.0. The topological polar surface area (TPSA) is 70.9 Å². The minimum Gasteiger partial charge on any atom is -0.464 e. The molecule has 1 aromatic carbocycles. The summed E-state index contributed by atoms with van der Waals surface area (Å²) in [7, 11) is 0. The van der Waals surface area contributed by atoms with Gasteiger partial charge in [-0.1, -0.05) is 6.07 Å². The van der Waals surface area contributed by atoms with Gasteiger partial charge >= 0.3 is 0 Å². The molecule has 114 valence electrons. The molecule has 0 unspecified atom stereocenters. The maximum atomic E-state index is 12.1. The van der Waals surface area contributed by atoms with E-state index >= 15 is 0 Å². The maximum Gasteiger partial charge on any atom is 0.224 e. The van der Waals surface area contributed by atoms with Crippen molar-refractivity contribution < 1.29 is 9.21 Å². The van der Waals surface area contributed by atoms with Gasteiger partial charge in [-0.25, -0.2) is 4.98 Å². The number of aromatic nitrogens is 2. The summed E-state index contributed by atoms with van der Waals surface area (Å²) >= 11 is 0. The summed E-state index contributed by atoms with van der Waals surface area (Å²) in [6, 6.07) is 4.10. The summed E-state index contributed by atoms with van der Waals surface area (Å²) in [6.07, 6.45) is 3.61. The van der Waals surface area contributed by atoms with Crippen molar-refractivity contribution in [3.63, 3.8) is 0 Å². The van der Waals surface area contributed by atoms with Crippen molar-refractivity contribution in [3.8, 4) is 0 Å². The standard InChI is InChI=1S/C17H19N3O2/c1-10-4-11(2)17-13(8-22-15(17)5-10)6-16(21)18-7-14-12(3)19-9-20-14/h4-5,8-9H,6-7H2,1-3H3,(H,18,21)(H,19,20). The molecular weight excluding hydrogens is 278 g/mol. The van der Waals surface area contributed by atoms with Gasteiger partial charge in [0.05, 0.1) is 31.2 Å². The number of aryl methyl sites for hydroxylation is 3. The Labute approximate surface area is 128 Å². The number of benzene rings is 1. The predicted octanol–water partition coefficient (Wildman–Crippen LogP) is 2.94. The number of rotatable bonds is 4. The number of furan rings is 1. The van der Waals surface area contributed by atoms with Gasteiger partial charge in [-0.3, -0.25) is 4.79 Å². The van der Waals surface area contributed by atoms with Gasteiger partial charge in [0.25, 0.3) is 0 Å². The monoisotopic (exact) mass is 297 g/mol. The summed E-state index contributed by atoms with van der Waals surface area (Å²) in [5, 5.41) is 3.94. The van der Waals surface area contributed by atoms with E-state index in [0.29, 0.717) is 13.0 Å². The first-order valence-corrected chi connectivity index (χ1v) is 7.27. The van der Waals surface area contributed by atoms with E-state index in [1.165, 1.54) is 0 Å². The number of carbonyl (C=O) groups is 1. The average molecular weight is 297 g/mol. The Morgan fingerprint density at radius 2 is 2.14 bits per heavy atom. The Bertz CT molecular complexity index is 830. The van der Waals surface area contributed by atoms with Crippen molar-refractivity contribution in [2.45, 2.75) is 33.7 Å². The summed E-state index contributed by atoms with van der Waals surface area (Å²) in [5.74, 6) is -0.0370. The molecular formula is C17H19N3O2. The van der Waals surface area contributed by atoms with Crippen LogP contribution in [0.1, 0.15) is 28.1 Å². The Kier molecular flexibility index (Phi) is 3.71. The van der Waals surface area contributed by atoms with E-state index in [0.717, 1.165) is 39.0 Å². The lowest BCUT2D eigenvalue weighted by Gasteiger charge is -2.05. The number of amides is 1. The molecule has 0 radical (unpaired) electrons. The molecule has 5 nitrogen and oxygen atoms in total. The lowest BCUT2D eigenvalue weighted by molar-refractivity contribution is -0.120. The van der Waals surface area contributed by atoms with Gasteiger partial charge in [0, 0.05) is 16.6 Å². The fraction of sp³-hybridized carbons (Fsp3) is 0.294. The number of imidazole rings is 1. The van der Waals surface area contributed by atoms with Crippen molar-refractivity contribution in [1.82, 2.24) is 15.3 Å². The highest BCUT2D eigenvalue weighted by molar-refractivity contribution is 5.90. The Balaban J connectivity index is 1.73. The van der Waals surface area contributed by atoms with E-state index in [-0.39, 0.29) is 5.91 Å². The van der Waals surface area contributed by atoms with Gasteiger partial charge < -0.3 is 14.7 Å². The van der Waals surface area contributed by atoms with Gasteiger partial charge in [0.15, 0.2) is 0 Å². The number of hydrogen-bond donors (Lipinski definition) is 2. The molecule has 0 aliphatic heterocycles. The second kappa shape index (κ2) is 5.67. The number of aromatic amines is 1. The molecule has 3 rings (SSSR count). The lowest BCUT2D eigenvalue weighted by Crippen LogP contribution is -2.25. The van der Waals surface area contributed by atoms with E-state index in [1.807, 2.05) is 26.8 Å². The van der Waals surface area contributed by atoms with Crippen LogP contribution in [-0.4, -0.2) is 15.9 Å². The Hall–Kier alpha value is -2.56. The third-order valence-electron chi connectivity index (χ3n) is 3.83. The number of fused-ring (bicyclic) bond motifs is 1. The van der Waals surface area contributed by atoms with Crippen molar-refractivity contribution in [2.24, 2.45) is 0 Å². The SMILES string of the molecule is Cc1cc(C)c2c(CC(=O)NCc3nc[nH]c3C)coc2c1. The zero-order valence-corrected chi connectivity index (χ0v) is 13.0. The molecule has 2 N–H and O–H groups in total. The van der Waals surface area contributed by atoms with Crippen LogP contribution in [0.5, 0.6) is 0 Å². The van der Waals surface area contributed by atoms with Crippen LogP contribution in [0.25, 0.3) is 11.0 Å². The first kappa shape index (κ1) is 14.4. The largest absolute Gasteiger partial charge is 0.464 e. The van der Waals surface area contributed by atoms with E-state index in [2.05, 4.69) is 21.4 Å². The molecule has 0 spiro atoms. The van der Waals surface area contributed by atoms with Crippen LogP contribution >= 0.6 is 0 Å². The summed E-state index contributed by atoms with van der Waals surface area (Å²) in [5.41, 5.74) is 5.88. The zero-order valence-electron chi connectivity index (χ0n) is 13.0. The highest BCUT2D eigenvalue weighted by Crippen LogP contribution is 2.26. The molecule has 5 heteroatoms. The summed E-state index contributed by atoms with van der Waals surface area (Å²) in [4.78, 5) is 19.3. The maximum absolute atomic E-state index is 12.1. The number of H-pyrrole nitrogens is 1. The Morgan fingerprint density at radius 1 is 1.32 bits per heavy atom. The molecule has 0 atom stereocenters. The van der Waals surface area contributed by atoms with Crippen molar-refractivity contribution in [1.29, 1.82) is 0 Å². The molecule has 0 bridgehead atoms. The zero-order chi connectivity index (χ0) is 15.7. The minimum absolute atomic E-state index is 0.0370.